The maximum atomic E-state index is 13.9. The summed E-state index contributed by atoms with van der Waals surface area (Å²) in [5.74, 6) is -0.279. The van der Waals surface area contributed by atoms with Gasteiger partial charge in [-0.25, -0.2) is 8.42 Å². The Balaban J connectivity index is 1.62. The van der Waals surface area contributed by atoms with Gasteiger partial charge in [0.1, 0.15) is 18.3 Å². The maximum absolute atomic E-state index is 13.9. The fourth-order valence-electron chi connectivity index (χ4n) is 4.40. The normalized spacial score (nSPS) is 18.3. The molecule has 1 aliphatic heterocycles. The molecule has 2 unspecified atom stereocenters. The molecule has 3 aromatic carbocycles. The van der Waals surface area contributed by atoms with Gasteiger partial charge in [0.2, 0.25) is 15.9 Å². The smallest absolute Gasteiger partial charge is 0.323 e. The molecule has 1 N–H and O–H groups in total. The third-order valence-electron chi connectivity index (χ3n) is 6.23. The number of carbonyl (C=O) groups excluding carboxylic acids is 1. The van der Waals surface area contributed by atoms with Gasteiger partial charge in [0.15, 0.2) is 0 Å². The minimum absolute atomic E-state index is 0.135. The number of carbonyl (C=O) groups is 2. The van der Waals surface area contributed by atoms with Crippen LogP contribution in [0.3, 0.4) is 0 Å². The van der Waals surface area contributed by atoms with Gasteiger partial charge in [-0.15, -0.1) is 0 Å². The second kappa shape index (κ2) is 10.9. The van der Waals surface area contributed by atoms with E-state index in [0.717, 1.165) is 21.6 Å². The van der Waals surface area contributed by atoms with Crippen LogP contribution in [-0.4, -0.2) is 73.1 Å². The standard InChI is InChI=1S/C26H28N2O6S2/c1-27(16-25(29)30)26(31)23-14-21(35-17-18-10-12-20(34-2)13-11-18)15-28(23)36(32,33)24-9-5-7-19-6-3-4-8-22(19)24/h3-13,21,23H,14-17H2,1-2H3,(H,29,30). The van der Waals surface area contributed by atoms with E-state index in [2.05, 4.69) is 0 Å². The fourth-order valence-corrected chi connectivity index (χ4v) is 7.55. The number of methoxy groups -OCH3 is 1. The van der Waals surface area contributed by atoms with Crippen LogP contribution in [0.25, 0.3) is 10.8 Å². The predicted octanol–water partition coefficient (Wildman–Crippen LogP) is 3.46. The molecule has 36 heavy (non-hydrogen) atoms. The van der Waals surface area contributed by atoms with Crippen LogP contribution in [0.4, 0.5) is 0 Å². The number of thioether (sulfide) groups is 1. The third kappa shape index (κ3) is 5.50. The lowest BCUT2D eigenvalue weighted by Gasteiger charge is -2.27. The summed E-state index contributed by atoms with van der Waals surface area (Å²) in [5, 5.41) is 10.4. The molecule has 4 rings (SSSR count). The van der Waals surface area contributed by atoms with Crippen LogP contribution >= 0.6 is 11.8 Å². The number of hydrogen-bond acceptors (Lipinski definition) is 6. The molecule has 0 saturated carbocycles. The molecule has 1 amide bonds. The van der Waals surface area contributed by atoms with E-state index < -0.39 is 34.5 Å². The molecule has 10 heteroatoms. The van der Waals surface area contributed by atoms with Crippen molar-refractivity contribution in [2.75, 3.05) is 27.2 Å². The fraction of sp³-hybridized carbons (Fsp3) is 0.308. The highest BCUT2D eigenvalue weighted by molar-refractivity contribution is 7.99. The van der Waals surface area contributed by atoms with Gasteiger partial charge in [0, 0.05) is 30.0 Å². The van der Waals surface area contributed by atoms with Gasteiger partial charge in [-0.2, -0.15) is 16.1 Å². The zero-order chi connectivity index (χ0) is 25.9. The minimum atomic E-state index is -4.04. The van der Waals surface area contributed by atoms with Crippen molar-refractivity contribution in [3.63, 3.8) is 0 Å². The average Bonchev–Trinajstić information content (AvgIpc) is 3.31. The Morgan fingerprint density at radius 2 is 1.78 bits per heavy atom. The van der Waals surface area contributed by atoms with Crippen LogP contribution in [0.1, 0.15) is 12.0 Å². The molecule has 190 valence electrons. The molecule has 1 heterocycles. The SMILES string of the molecule is COc1ccc(CSC2CC(C(=O)N(C)CC(=O)O)N(S(=O)(=O)c3cccc4ccccc34)C2)cc1. The van der Waals surface area contributed by atoms with Crippen molar-refractivity contribution in [3.8, 4) is 5.75 Å². The summed E-state index contributed by atoms with van der Waals surface area (Å²) < 4.78 is 34.3. The summed E-state index contributed by atoms with van der Waals surface area (Å²) in [5.41, 5.74) is 1.06. The summed E-state index contributed by atoms with van der Waals surface area (Å²) in [6, 6.07) is 19.0. The zero-order valence-electron chi connectivity index (χ0n) is 20.0. The van der Waals surface area contributed by atoms with Crippen molar-refractivity contribution in [1.29, 1.82) is 0 Å². The first kappa shape index (κ1) is 26.0. The van der Waals surface area contributed by atoms with Crippen LogP contribution in [0.2, 0.25) is 0 Å². The number of aliphatic carboxylic acids is 1. The molecule has 1 fully saturated rings. The largest absolute Gasteiger partial charge is 0.497 e. The van der Waals surface area contributed by atoms with Crippen molar-refractivity contribution < 1.29 is 27.9 Å². The third-order valence-corrected chi connectivity index (χ3v) is 9.48. The molecule has 8 nitrogen and oxygen atoms in total. The van der Waals surface area contributed by atoms with Gasteiger partial charge in [-0.3, -0.25) is 9.59 Å². The van der Waals surface area contributed by atoms with Crippen molar-refractivity contribution in [1.82, 2.24) is 9.21 Å². The highest BCUT2D eigenvalue weighted by Gasteiger charge is 2.45. The first-order valence-corrected chi connectivity index (χ1v) is 13.9. The van der Waals surface area contributed by atoms with E-state index in [1.807, 2.05) is 42.5 Å². The number of sulfonamides is 1. The second-order valence-corrected chi connectivity index (χ2v) is 11.8. The molecular weight excluding hydrogens is 500 g/mol. The van der Waals surface area contributed by atoms with Crippen molar-refractivity contribution in [2.45, 2.75) is 28.4 Å². The number of nitrogens with zero attached hydrogens (tertiary/aromatic N) is 2. The Labute approximate surface area is 214 Å². The molecule has 0 radical (unpaired) electrons. The first-order valence-electron chi connectivity index (χ1n) is 11.4. The second-order valence-electron chi connectivity index (χ2n) is 8.67. The van der Waals surface area contributed by atoms with Crippen molar-refractivity contribution >= 4 is 44.4 Å². The number of ether oxygens (including phenoxy) is 1. The molecule has 0 spiro atoms. The van der Waals surface area contributed by atoms with Gasteiger partial charge in [0.05, 0.1) is 12.0 Å². The zero-order valence-corrected chi connectivity index (χ0v) is 21.7. The van der Waals surface area contributed by atoms with E-state index in [9.17, 15) is 18.0 Å². The lowest BCUT2D eigenvalue weighted by Crippen LogP contribution is -2.47. The van der Waals surface area contributed by atoms with Gasteiger partial charge in [-0.05, 0) is 35.6 Å². The topological polar surface area (TPSA) is 104 Å². The number of carboxylic acids is 1. The molecule has 1 saturated heterocycles. The molecule has 0 bridgehead atoms. The number of hydrogen-bond donors (Lipinski definition) is 1. The van der Waals surface area contributed by atoms with E-state index in [1.165, 1.54) is 11.4 Å². The van der Waals surface area contributed by atoms with E-state index in [-0.39, 0.29) is 16.7 Å². The summed E-state index contributed by atoms with van der Waals surface area (Å²) in [6.45, 7) is -0.342. The Morgan fingerprint density at radius 3 is 2.47 bits per heavy atom. The highest BCUT2D eigenvalue weighted by Crippen LogP contribution is 2.36. The molecule has 0 aromatic heterocycles. The van der Waals surface area contributed by atoms with Gasteiger partial charge in [0.25, 0.3) is 0 Å². The summed E-state index contributed by atoms with van der Waals surface area (Å²) in [6.07, 6.45) is 0.299. The Hall–Kier alpha value is -3.08. The van der Waals surface area contributed by atoms with Gasteiger partial charge < -0.3 is 14.7 Å². The van der Waals surface area contributed by atoms with Gasteiger partial charge >= 0.3 is 5.97 Å². The highest BCUT2D eigenvalue weighted by atomic mass is 32.2. The minimum Gasteiger partial charge on any atom is -0.497 e. The quantitative estimate of drug-likeness (QED) is 0.454. The van der Waals surface area contributed by atoms with Gasteiger partial charge in [-0.1, -0.05) is 48.5 Å². The monoisotopic (exact) mass is 528 g/mol. The average molecular weight is 529 g/mol. The van der Waals surface area contributed by atoms with E-state index in [4.69, 9.17) is 9.84 Å². The van der Waals surface area contributed by atoms with Crippen LogP contribution in [0.15, 0.2) is 71.6 Å². The Bertz CT molecular complexity index is 1360. The number of likely N-dealkylation sites (N-methyl/N-ethyl adjacent to an activating group) is 1. The van der Waals surface area contributed by atoms with Crippen LogP contribution in [0, 0.1) is 0 Å². The van der Waals surface area contributed by atoms with E-state index in [1.54, 1.807) is 43.1 Å². The molecule has 1 aliphatic rings. The summed E-state index contributed by atoms with van der Waals surface area (Å²) in [7, 11) is -1.05. The molecule has 0 aliphatic carbocycles. The predicted molar refractivity (Wildman–Crippen MR) is 140 cm³/mol. The maximum Gasteiger partial charge on any atom is 0.323 e. The number of fused-ring (bicyclic) bond motifs is 1. The van der Waals surface area contributed by atoms with Crippen LogP contribution < -0.4 is 4.74 Å². The number of amides is 1. The summed E-state index contributed by atoms with van der Waals surface area (Å²) >= 11 is 1.58. The van der Waals surface area contributed by atoms with Crippen molar-refractivity contribution in [3.05, 3.63) is 72.3 Å². The lowest BCUT2D eigenvalue weighted by atomic mass is 10.1. The van der Waals surface area contributed by atoms with E-state index in [0.29, 0.717) is 17.6 Å². The van der Waals surface area contributed by atoms with Crippen LogP contribution in [-0.2, 0) is 25.4 Å². The lowest BCUT2D eigenvalue weighted by molar-refractivity contribution is -0.144. The Kier molecular flexibility index (Phi) is 7.87. The van der Waals surface area contributed by atoms with E-state index >= 15 is 0 Å². The number of rotatable bonds is 9. The molecule has 3 aromatic rings. The number of carboxylic acid groups (broad SMARTS) is 1. The van der Waals surface area contributed by atoms with Crippen molar-refractivity contribution in [2.24, 2.45) is 0 Å². The Morgan fingerprint density at radius 1 is 1.08 bits per heavy atom. The van der Waals surface area contributed by atoms with Crippen LogP contribution in [0.5, 0.6) is 5.75 Å². The molecule has 2 atom stereocenters. The number of benzene rings is 3. The molecular formula is C26H28N2O6S2. The first-order chi connectivity index (χ1) is 17.2. The summed E-state index contributed by atoms with van der Waals surface area (Å²) in [4.78, 5) is 25.7.